The first-order valence-corrected chi connectivity index (χ1v) is 7.58. The van der Waals surface area contributed by atoms with E-state index in [4.69, 9.17) is 28.9 Å². The van der Waals surface area contributed by atoms with E-state index in [1.54, 1.807) is 0 Å². The first-order chi connectivity index (χ1) is 8.91. The van der Waals surface area contributed by atoms with E-state index in [9.17, 15) is 0 Å². The smallest absolute Gasteiger partial charge is 0.0595 e. The lowest BCUT2D eigenvalue weighted by Gasteiger charge is -2.24. The molecule has 0 amide bonds. The summed E-state index contributed by atoms with van der Waals surface area (Å²) in [6.07, 6.45) is 3.68. The molecular weight excluding hydrogens is 279 g/mol. The molecule has 1 saturated carbocycles. The molecule has 0 aromatic heterocycles. The second-order valence-electron chi connectivity index (χ2n) is 6.23. The number of nitrogens with one attached hydrogen (secondary N) is 1. The number of rotatable bonds is 4. The van der Waals surface area contributed by atoms with Crippen molar-refractivity contribution < 1.29 is 0 Å². The van der Waals surface area contributed by atoms with E-state index in [1.807, 2.05) is 18.2 Å². The zero-order valence-corrected chi connectivity index (χ0v) is 13.1. The fourth-order valence-corrected chi connectivity index (χ4v) is 3.20. The molecule has 1 aliphatic rings. The van der Waals surface area contributed by atoms with Crippen LogP contribution in [0.15, 0.2) is 18.2 Å². The number of hydrogen-bond acceptors (Lipinski definition) is 2. The highest BCUT2D eigenvalue weighted by atomic mass is 35.5. The number of hydrogen-bond donors (Lipinski definition) is 2. The van der Waals surface area contributed by atoms with Crippen LogP contribution in [0.5, 0.6) is 0 Å². The van der Waals surface area contributed by atoms with Crippen molar-refractivity contribution in [2.45, 2.75) is 45.2 Å². The van der Waals surface area contributed by atoms with Gasteiger partial charge in [0, 0.05) is 18.6 Å². The van der Waals surface area contributed by atoms with Gasteiger partial charge in [0.1, 0.15) is 0 Å². The third kappa shape index (κ3) is 3.85. The van der Waals surface area contributed by atoms with E-state index < -0.39 is 0 Å². The lowest BCUT2D eigenvalue weighted by atomic mass is 9.91. The molecule has 2 nitrogen and oxygen atoms in total. The Balaban J connectivity index is 2.06. The zero-order chi connectivity index (χ0) is 14.0. The summed E-state index contributed by atoms with van der Waals surface area (Å²) in [6, 6.07) is 6.43. The van der Waals surface area contributed by atoms with Crippen LogP contribution in [0.1, 0.15) is 44.7 Å². The number of halogens is 2. The van der Waals surface area contributed by atoms with E-state index in [2.05, 4.69) is 19.2 Å². The molecule has 2 rings (SSSR count). The summed E-state index contributed by atoms with van der Waals surface area (Å²) in [5.74, 6) is 0. The molecule has 1 fully saturated rings. The van der Waals surface area contributed by atoms with Gasteiger partial charge < -0.3 is 11.1 Å². The fraction of sp³-hybridized carbons (Fsp3) is 0.600. The van der Waals surface area contributed by atoms with Gasteiger partial charge in [-0.05, 0) is 42.4 Å². The highest BCUT2D eigenvalue weighted by molar-refractivity contribution is 6.42. The van der Waals surface area contributed by atoms with Crippen molar-refractivity contribution in [3.05, 3.63) is 33.8 Å². The molecule has 3 N–H and O–H groups in total. The maximum absolute atomic E-state index is 6.08. The third-order valence-electron chi connectivity index (χ3n) is 3.99. The van der Waals surface area contributed by atoms with Crippen molar-refractivity contribution in [3.8, 4) is 0 Å². The van der Waals surface area contributed by atoms with Crippen LogP contribution in [0, 0.1) is 5.41 Å². The van der Waals surface area contributed by atoms with Gasteiger partial charge in [0.05, 0.1) is 10.0 Å². The summed E-state index contributed by atoms with van der Waals surface area (Å²) in [5.41, 5.74) is 7.45. The van der Waals surface area contributed by atoms with E-state index in [0.29, 0.717) is 28.0 Å². The van der Waals surface area contributed by atoms with E-state index in [-0.39, 0.29) is 6.04 Å². The highest BCUT2D eigenvalue weighted by Crippen LogP contribution is 2.38. The topological polar surface area (TPSA) is 38.0 Å². The molecule has 2 atom stereocenters. The Morgan fingerprint density at radius 2 is 2.11 bits per heavy atom. The Morgan fingerprint density at radius 1 is 1.37 bits per heavy atom. The molecule has 0 bridgehead atoms. The minimum Gasteiger partial charge on any atom is -0.329 e. The molecule has 0 aliphatic heterocycles. The van der Waals surface area contributed by atoms with E-state index >= 15 is 0 Å². The summed E-state index contributed by atoms with van der Waals surface area (Å²) < 4.78 is 0. The molecule has 1 aromatic rings. The SMILES string of the molecule is CC1(C)CCC(NC(CN)c2ccc(Cl)c(Cl)c2)C1. The summed E-state index contributed by atoms with van der Waals surface area (Å²) >= 11 is 12.0. The first-order valence-electron chi connectivity index (χ1n) is 6.82. The zero-order valence-electron chi connectivity index (χ0n) is 11.5. The second kappa shape index (κ2) is 6.01. The van der Waals surface area contributed by atoms with Crippen LogP contribution in [0.25, 0.3) is 0 Å². The number of nitrogens with two attached hydrogens (primary N) is 1. The monoisotopic (exact) mass is 300 g/mol. The first kappa shape index (κ1) is 15.1. The standard InChI is InChI=1S/C15H22Cl2N2/c1-15(2)6-5-11(8-15)19-14(9-18)10-3-4-12(16)13(17)7-10/h3-4,7,11,14,19H,5-6,8-9,18H2,1-2H3. The van der Waals surface area contributed by atoms with Gasteiger partial charge in [-0.3, -0.25) is 0 Å². The van der Waals surface area contributed by atoms with Gasteiger partial charge in [0.2, 0.25) is 0 Å². The van der Waals surface area contributed by atoms with Crippen molar-refractivity contribution in [1.82, 2.24) is 5.32 Å². The van der Waals surface area contributed by atoms with E-state index in [0.717, 1.165) is 5.56 Å². The maximum Gasteiger partial charge on any atom is 0.0595 e. The molecule has 1 aromatic carbocycles. The van der Waals surface area contributed by atoms with Crippen LogP contribution in [-0.4, -0.2) is 12.6 Å². The van der Waals surface area contributed by atoms with Crippen LogP contribution < -0.4 is 11.1 Å². The van der Waals surface area contributed by atoms with Gasteiger partial charge in [0.25, 0.3) is 0 Å². The Labute approximate surface area is 125 Å². The summed E-state index contributed by atoms with van der Waals surface area (Å²) in [7, 11) is 0. The third-order valence-corrected chi connectivity index (χ3v) is 4.73. The van der Waals surface area contributed by atoms with Crippen molar-refractivity contribution in [1.29, 1.82) is 0 Å². The average Bonchev–Trinajstić information content (AvgIpc) is 2.69. The van der Waals surface area contributed by atoms with Crippen LogP contribution in [0.2, 0.25) is 10.0 Å². The quantitative estimate of drug-likeness (QED) is 0.876. The number of benzene rings is 1. The predicted molar refractivity (Wildman–Crippen MR) is 82.8 cm³/mol. The Kier molecular flexibility index (Phi) is 4.78. The Morgan fingerprint density at radius 3 is 2.63 bits per heavy atom. The molecule has 0 radical (unpaired) electrons. The fourth-order valence-electron chi connectivity index (χ4n) is 2.89. The summed E-state index contributed by atoms with van der Waals surface area (Å²) in [6.45, 7) is 5.21. The van der Waals surface area contributed by atoms with Gasteiger partial charge in [-0.25, -0.2) is 0 Å². The molecule has 2 unspecified atom stereocenters. The summed E-state index contributed by atoms with van der Waals surface area (Å²) in [5, 5.41) is 4.83. The van der Waals surface area contributed by atoms with Crippen molar-refractivity contribution in [2.24, 2.45) is 11.1 Å². The van der Waals surface area contributed by atoms with Crippen molar-refractivity contribution >= 4 is 23.2 Å². The lowest BCUT2D eigenvalue weighted by molar-refractivity contribution is 0.353. The lowest BCUT2D eigenvalue weighted by Crippen LogP contribution is -2.35. The minimum absolute atomic E-state index is 0.147. The Bertz CT molecular complexity index is 446. The molecule has 19 heavy (non-hydrogen) atoms. The van der Waals surface area contributed by atoms with Crippen LogP contribution >= 0.6 is 23.2 Å². The molecule has 4 heteroatoms. The average molecular weight is 301 g/mol. The Hall–Kier alpha value is -0.280. The molecule has 106 valence electrons. The largest absolute Gasteiger partial charge is 0.329 e. The van der Waals surface area contributed by atoms with Crippen molar-refractivity contribution in [2.75, 3.05) is 6.54 Å². The molecule has 1 aliphatic carbocycles. The second-order valence-corrected chi connectivity index (χ2v) is 7.05. The van der Waals surface area contributed by atoms with Crippen LogP contribution in [-0.2, 0) is 0 Å². The predicted octanol–water partition coefficient (Wildman–Crippen LogP) is 4.16. The normalized spacial score (nSPS) is 23.5. The van der Waals surface area contributed by atoms with Gasteiger partial charge in [-0.2, -0.15) is 0 Å². The molecule has 0 spiro atoms. The minimum atomic E-state index is 0.147. The van der Waals surface area contributed by atoms with Crippen molar-refractivity contribution in [3.63, 3.8) is 0 Å². The highest BCUT2D eigenvalue weighted by Gasteiger charge is 2.31. The van der Waals surface area contributed by atoms with E-state index in [1.165, 1.54) is 19.3 Å². The van der Waals surface area contributed by atoms with Gasteiger partial charge in [-0.1, -0.05) is 43.1 Å². The molecule has 0 saturated heterocycles. The van der Waals surface area contributed by atoms with Gasteiger partial charge in [0.15, 0.2) is 0 Å². The maximum atomic E-state index is 6.08. The summed E-state index contributed by atoms with van der Waals surface area (Å²) in [4.78, 5) is 0. The van der Waals surface area contributed by atoms with Crippen LogP contribution in [0.3, 0.4) is 0 Å². The van der Waals surface area contributed by atoms with Crippen LogP contribution in [0.4, 0.5) is 0 Å². The molecule has 0 heterocycles. The molecular formula is C15H22Cl2N2. The van der Waals surface area contributed by atoms with Gasteiger partial charge >= 0.3 is 0 Å². The van der Waals surface area contributed by atoms with Gasteiger partial charge in [-0.15, -0.1) is 0 Å².